The smallest absolute Gasteiger partial charge is 0.301 e. The van der Waals surface area contributed by atoms with Crippen molar-refractivity contribution in [1.29, 1.82) is 0 Å². The number of benzene rings is 5. The number of carbonyl (C=O) groups excluding carboxylic acids is 2. The van der Waals surface area contributed by atoms with Crippen molar-refractivity contribution in [2.24, 2.45) is 0 Å². The van der Waals surface area contributed by atoms with E-state index in [1.54, 1.807) is 30.3 Å². The van der Waals surface area contributed by atoms with Gasteiger partial charge in [0, 0.05) is 11.3 Å². The minimum atomic E-state index is -0.940. The molecule has 0 saturated carbocycles. The molecule has 6 aromatic rings. The molecule has 1 saturated heterocycles. The first kappa shape index (κ1) is 29.5. The summed E-state index contributed by atoms with van der Waals surface area (Å²) in [6.07, 6.45) is 0. The fraction of sp³-hybridized carbons (Fsp3) is 0.0811. The zero-order valence-electron chi connectivity index (χ0n) is 24.4. The summed E-state index contributed by atoms with van der Waals surface area (Å²) in [6.45, 7) is 0.349. The van der Waals surface area contributed by atoms with Crippen molar-refractivity contribution in [3.63, 3.8) is 0 Å². The van der Waals surface area contributed by atoms with Gasteiger partial charge < -0.3 is 9.84 Å². The average molecular weight is 642 g/mol. The molecule has 7 nitrogen and oxygen atoms in total. The molecule has 1 aliphatic rings. The number of hydrogen-bond acceptors (Lipinski definition) is 8. The molecule has 0 aliphatic carbocycles. The Hall–Kier alpha value is -5.25. The number of ether oxygens (including phenoxy) is 1. The van der Waals surface area contributed by atoms with Crippen molar-refractivity contribution in [2.45, 2.75) is 22.7 Å². The third-order valence-corrected chi connectivity index (χ3v) is 9.85. The van der Waals surface area contributed by atoms with Crippen molar-refractivity contribution in [2.75, 3.05) is 4.90 Å². The molecule has 7 rings (SSSR count). The lowest BCUT2D eigenvalue weighted by atomic mass is 9.95. The Morgan fingerprint density at radius 3 is 2.37 bits per heavy atom. The van der Waals surface area contributed by atoms with E-state index in [0.29, 0.717) is 33.6 Å². The highest BCUT2D eigenvalue weighted by molar-refractivity contribution is 8.00. The molecule has 9 heteroatoms. The minimum absolute atomic E-state index is 0.0171. The molecule has 1 N–H and O–H groups in total. The fourth-order valence-electron chi connectivity index (χ4n) is 5.53. The zero-order chi connectivity index (χ0) is 31.5. The van der Waals surface area contributed by atoms with Crippen LogP contribution in [0.4, 0.5) is 5.13 Å². The summed E-state index contributed by atoms with van der Waals surface area (Å²) in [5, 5.41) is 22.8. The van der Waals surface area contributed by atoms with E-state index in [1.165, 1.54) is 33.4 Å². The summed E-state index contributed by atoms with van der Waals surface area (Å²) in [7, 11) is 0. The number of carbonyl (C=O) groups is 2. The van der Waals surface area contributed by atoms with E-state index in [-0.39, 0.29) is 16.5 Å². The first-order chi connectivity index (χ1) is 22.6. The average Bonchev–Trinajstić information content (AvgIpc) is 3.68. The van der Waals surface area contributed by atoms with E-state index in [2.05, 4.69) is 34.5 Å². The zero-order valence-corrected chi connectivity index (χ0v) is 26.1. The van der Waals surface area contributed by atoms with E-state index >= 15 is 0 Å². The van der Waals surface area contributed by atoms with Gasteiger partial charge in [-0.15, -0.1) is 10.2 Å². The Morgan fingerprint density at radius 1 is 0.826 bits per heavy atom. The monoisotopic (exact) mass is 641 g/mol. The van der Waals surface area contributed by atoms with Crippen LogP contribution in [-0.4, -0.2) is 27.0 Å². The largest absolute Gasteiger partial charge is 0.507 e. The maximum atomic E-state index is 13.7. The molecular formula is C37H27N3O4S2. The lowest BCUT2D eigenvalue weighted by molar-refractivity contribution is -0.132. The summed E-state index contributed by atoms with van der Waals surface area (Å²) >= 11 is 2.76. The minimum Gasteiger partial charge on any atom is -0.507 e. The van der Waals surface area contributed by atoms with Gasteiger partial charge in [0.15, 0.2) is 4.34 Å². The number of amides is 1. The van der Waals surface area contributed by atoms with Crippen LogP contribution in [0, 0.1) is 0 Å². The molecule has 2 heterocycles. The van der Waals surface area contributed by atoms with Gasteiger partial charge in [-0.3, -0.25) is 14.5 Å². The first-order valence-corrected chi connectivity index (χ1v) is 16.4. The number of thioether (sulfide) groups is 1. The van der Waals surface area contributed by atoms with E-state index in [9.17, 15) is 14.7 Å². The number of rotatable bonds is 9. The predicted molar refractivity (Wildman–Crippen MR) is 182 cm³/mol. The molecule has 0 radical (unpaired) electrons. The Balaban J connectivity index is 1.23. The lowest BCUT2D eigenvalue weighted by Gasteiger charge is -2.23. The summed E-state index contributed by atoms with van der Waals surface area (Å²) < 4.78 is 6.74. The highest BCUT2D eigenvalue weighted by Crippen LogP contribution is 2.44. The number of nitrogens with zero attached hydrogens (tertiary/aromatic N) is 3. The van der Waals surface area contributed by atoms with Crippen LogP contribution < -0.4 is 9.64 Å². The molecule has 1 unspecified atom stereocenters. The number of aliphatic hydroxyl groups excluding tert-OH is 1. The quantitative estimate of drug-likeness (QED) is 0.0560. The molecule has 5 aromatic carbocycles. The predicted octanol–water partition coefficient (Wildman–Crippen LogP) is 8.19. The molecule has 0 bridgehead atoms. The number of anilines is 1. The number of aromatic nitrogens is 2. The second kappa shape index (κ2) is 13.0. The standard InChI is InChI=1S/C37H27N3O4S2/c41-33(26-14-5-2-6-15-26)31-32(27-17-10-19-29(21-27)44-22-24-11-3-1-4-12-24)40(35(43)34(31)42)36-38-39-37(46-36)45-23-28-18-9-16-25-13-7-8-20-30(25)28/h1-21,32,41H,22-23H2. The van der Waals surface area contributed by atoms with Crippen LogP contribution >= 0.6 is 23.1 Å². The van der Waals surface area contributed by atoms with Crippen LogP contribution in [0.2, 0.25) is 0 Å². The molecule has 0 spiro atoms. The van der Waals surface area contributed by atoms with Gasteiger partial charge >= 0.3 is 5.91 Å². The Bertz CT molecular complexity index is 2070. The Labute approximate surface area is 273 Å². The number of Topliss-reactive ketones (excluding diaryl/α,β-unsaturated/α-hetero) is 1. The highest BCUT2D eigenvalue weighted by Gasteiger charge is 2.48. The number of aliphatic hydroxyl groups is 1. The van der Waals surface area contributed by atoms with Gasteiger partial charge in [0.05, 0.1) is 11.6 Å². The van der Waals surface area contributed by atoms with Gasteiger partial charge in [-0.1, -0.05) is 138 Å². The molecule has 1 fully saturated rings. The van der Waals surface area contributed by atoms with E-state index in [0.717, 1.165) is 16.5 Å². The van der Waals surface area contributed by atoms with Gasteiger partial charge in [0.2, 0.25) is 5.13 Å². The Morgan fingerprint density at radius 2 is 1.54 bits per heavy atom. The second-order valence-electron chi connectivity index (χ2n) is 10.7. The van der Waals surface area contributed by atoms with Gasteiger partial charge in [0.25, 0.3) is 5.78 Å². The molecule has 1 aliphatic heterocycles. The second-order valence-corrected chi connectivity index (χ2v) is 12.8. The van der Waals surface area contributed by atoms with Gasteiger partial charge in [-0.25, -0.2) is 0 Å². The normalized spacial score (nSPS) is 15.8. The van der Waals surface area contributed by atoms with Crippen LogP contribution in [-0.2, 0) is 21.9 Å². The molecular weight excluding hydrogens is 615 g/mol. The maximum absolute atomic E-state index is 13.7. The highest BCUT2D eigenvalue weighted by atomic mass is 32.2. The Kier molecular flexibility index (Phi) is 8.33. The topological polar surface area (TPSA) is 92.6 Å². The third kappa shape index (κ3) is 5.90. The molecule has 46 heavy (non-hydrogen) atoms. The van der Waals surface area contributed by atoms with Crippen LogP contribution in [0.3, 0.4) is 0 Å². The summed E-state index contributed by atoms with van der Waals surface area (Å²) in [5.74, 6) is -0.595. The number of hydrogen-bond donors (Lipinski definition) is 1. The molecule has 1 atom stereocenters. The van der Waals surface area contributed by atoms with Crippen molar-refractivity contribution >= 4 is 56.5 Å². The lowest BCUT2D eigenvalue weighted by Crippen LogP contribution is -2.29. The van der Waals surface area contributed by atoms with Crippen LogP contribution in [0.25, 0.3) is 16.5 Å². The summed E-state index contributed by atoms with van der Waals surface area (Å²) in [6, 6.07) is 39.3. The van der Waals surface area contributed by atoms with Crippen molar-refractivity contribution in [1.82, 2.24) is 10.2 Å². The van der Waals surface area contributed by atoms with Crippen LogP contribution in [0.15, 0.2) is 137 Å². The molecule has 1 aromatic heterocycles. The van der Waals surface area contributed by atoms with Gasteiger partial charge in [0.1, 0.15) is 18.1 Å². The van der Waals surface area contributed by atoms with Crippen molar-refractivity contribution < 1.29 is 19.4 Å². The summed E-state index contributed by atoms with van der Waals surface area (Å²) in [4.78, 5) is 28.7. The third-order valence-electron chi connectivity index (χ3n) is 7.75. The molecule has 226 valence electrons. The first-order valence-electron chi connectivity index (χ1n) is 14.6. The van der Waals surface area contributed by atoms with E-state index in [1.807, 2.05) is 72.8 Å². The van der Waals surface area contributed by atoms with Crippen LogP contribution in [0.1, 0.15) is 28.3 Å². The molecule has 1 amide bonds. The summed E-state index contributed by atoms with van der Waals surface area (Å²) in [5.41, 5.74) is 3.19. The maximum Gasteiger partial charge on any atom is 0.301 e. The van der Waals surface area contributed by atoms with Crippen molar-refractivity contribution in [3.8, 4) is 5.75 Å². The van der Waals surface area contributed by atoms with E-state index in [4.69, 9.17) is 4.74 Å². The van der Waals surface area contributed by atoms with Gasteiger partial charge in [-0.05, 0) is 39.6 Å². The number of ketones is 1. The number of fused-ring (bicyclic) bond motifs is 1. The van der Waals surface area contributed by atoms with E-state index < -0.39 is 17.7 Å². The van der Waals surface area contributed by atoms with Crippen molar-refractivity contribution in [3.05, 3.63) is 155 Å². The fourth-order valence-corrected chi connectivity index (χ4v) is 7.40. The SMILES string of the molecule is O=C1C(=O)N(c2nnc(SCc3cccc4ccccc34)s2)C(c2cccc(OCc3ccccc3)c2)C1=C(O)c1ccccc1. The van der Waals surface area contributed by atoms with Gasteiger partial charge in [-0.2, -0.15) is 0 Å². The van der Waals surface area contributed by atoms with Crippen LogP contribution in [0.5, 0.6) is 5.75 Å².